The van der Waals surface area contributed by atoms with Crippen molar-refractivity contribution in [2.75, 3.05) is 55.7 Å². The molecule has 0 aromatic rings. The molecule has 112 heavy (non-hydrogen) atoms. The Kier molecular flexibility index (Phi) is 34.6. The van der Waals surface area contributed by atoms with Gasteiger partial charge in [-0.3, -0.25) is 28.8 Å². The number of aliphatic hydroxyl groups excluding tert-OH is 4. The van der Waals surface area contributed by atoms with E-state index in [1.165, 1.54) is 42.7 Å². The van der Waals surface area contributed by atoms with Crippen LogP contribution >= 0.6 is 0 Å². The molecule has 2 amide bonds. The molecule has 2 saturated carbocycles. The Morgan fingerprint density at radius 1 is 0.455 bits per heavy atom. The van der Waals surface area contributed by atoms with Crippen molar-refractivity contribution in [1.82, 2.24) is 9.80 Å². The average molecular weight is 1580 g/mol. The Morgan fingerprint density at radius 3 is 1.13 bits per heavy atom. The minimum absolute atomic E-state index is 0.00621. The van der Waals surface area contributed by atoms with Gasteiger partial charge in [-0.15, -0.1) is 0 Å². The molecule has 1 unspecified atom stereocenters. The Morgan fingerprint density at radius 2 is 0.795 bits per heavy atom. The predicted molar refractivity (Wildman–Crippen MR) is 414 cm³/mol. The molecule has 0 aromatic carbocycles. The van der Waals surface area contributed by atoms with Gasteiger partial charge < -0.3 is 87.8 Å². The normalized spacial score (nSPS) is 41.7. The van der Waals surface area contributed by atoms with Gasteiger partial charge in [0, 0.05) is 104 Å². The van der Waals surface area contributed by atoms with Crippen LogP contribution in [0.1, 0.15) is 223 Å². The fourth-order valence-corrected chi connectivity index (χ4v) is 19.3. The third-order valence-corrected chi connectivity index (χ3v) is 26.2. The van der Waals surface area contributed by atoms with Crippen LogP contribution in [0.2, 0.25) is 0 Å². The topological polar surface area (TPSA) is 357 Å². The highest BCUT2D eigenvalue weighted by Gasteiger charge is 2.59. The summed E-state index contributed by atoms with van der Waals surface area (Å²) >= 11 is 0. The third-order valence-electron chi connectivity index (χ3n) is 26.2. The van der Waals surface area contributed by atoms with Crippen molar-refractivity contribution in [1.29, 1.82) is 0 Å². The molecule has 634 valence electrons. The van der Waals surface area contributed by atoms with Gasteiger partial charge in [-0.05, 0) is 191 Å². The zero-order valence-electron chi connectivity index (χ0n) is 69.6. The number of unbranched alkanes of at least 4 members (excludes halogenated alkanes) is 1. The molecule has 8 rings (SSSR count). The van der Waals surface area contributed by atoms with E-state index in [0.29, 0.717) is 114 Å². The first-order chi connectivity index (χ1) is 53.1. The number of aliphatic hydroxyl groups is 6. The van der Waals surface area contributed by atoms with E-state index in [2.05, 4.69) is 0 Å². The molecule has 0 aromatic heterocycles. The summed E-state index contributed by atoms with van der Waals surface area (Å²) in [6, 6.07) is -2.52. The molecule has 4 saturated heterocycles. The van der Waals surface area contributed by atoms with Crippen LogP contribution in [0.3, 0.4) is 0 Å². The Bertz CT molecular complexity index is 3110. The number of Topliss-reactive ketones (excluding diaryl/α,β-unsaturated/α-hetero) is 4. The number of hydrogen-bond acceptors (Lipinski definition) is 24. The van der Waals surface area contributed by atoms with Gasteiger partial charge in [0.15, 0.2) is 0 Å². The van der Waals surface area contributed by atoms with Crippen LogP contribution < -0.4 is 0 Å². The van der Waals surface area contributed by atoms with Crippen molar-refractivity contribution < 1.29 is 116 Å². The van der Waals surface area contributed by atoms with Crippen molar-refractivity contribution in [2.45, 2.75) is 332 Å². The predicted octanol–water partition coefficient (Wildman–Crippen LogP) is 8.70. The number of fused-ring (bicyclic) bond motifs is 6. The molecule has 8 aliphatic rings. The fraction of sp³-hybridized carbons (Fsp3) is 0.814. The zero-order chi connectivity index (χ0) is 82.4. The summed E-state index contributed by atoms with van der Waals surface area (Å²) in [5.74, 6) is -18.0. The lowest BCUT2D eigenvalue weighted by atomic mass is 9.81. The first-order valence-electron chi connectivity index (χ1n) is 41.6. The van der Waals surface area contributed by atoms with Crippen LogP contribution in [0.5, 0.6) is 0 Å². The first-order valence-corrected chi connectivity index (χ1v) is 41.6. The van der Waals surface area contributed by atoms with Crippen LogP contribution in [0, 0.1) is 59.2 Å². The maximum Gasteiger partial charge on any atom is 0.329 e. The second-order valence-electron chi connectivity index (χ2n) is 34.8. The number of amides is 2. The van der Waals surface area contributed by atoms with Crippen molar-refractivity contribution in [3.63, 3.8) is 0 Å². The highest BCUT2D eigenvalue weighted by molar-refractivity contribution is 6.39. The van der Waals surface area contributed by atoms with E-state index in [0.717, 1.165) is 20.9 Å². The zero-order valence-corrected chi connectivity index (χ0v) is 69.6. The highest BCUT2D eigenvalue weighted by atomic mass is 16.7. The van der Waals surface area contributed by atoms with E-state index in [1.54, 1.807) is 41.5 Å². The van der Waals surface area contributed by atoms with E-state index in [4.69, 9.17) is 47.4 Å². The largest absolute Gasteiger partial charge is 0.456 e. The molecule has 28 atom stereocenters. The summed E-state index contributed by atoms with van der Waals surface area (Å²) in [6.07, 6.45) is 3.22. The summed E-state index contributed by atoms with van der Waals surface area (Å²) in [5, 5.41) is 71.5. The number of rotatable bonds is 15. The number of methoxy groups -OCH3 is 6. The van der Waals surface area contributed by atoms with Crippen molar-refractivity contribution >= 4 is 46.9 Å². The van der Waals surface area contributed by atoms with Crippen LogP contribution in [0.4, 0.5) is 0 Å². The molecule has 2 aliphatic carbocycles. The Balaban J connectivity index is 1.13. The molecular weight excluding hydrogens is 1440 g/mol. The van der Waals surface area contributed by atoms with Crippen LogP contribution in [0.15, 0.2) is 46.6 Å². The molecular formula is C86H136N2O24. The van der Waals surface area contributed by atoms with Crippen LogP contribution in [-0.2, 0) is 85.7 Å². The maximum absolute atomic E-state index is 15.4. The number of allylic oxidation sites excluding steroid dienone is 6. The molecule has 26 heteroatoms. The van der Waals surface area contributed by atoms with E-state index in [-0.39, 0.29) is 99.7 Å². The summed E-state index contributed by atoms with van der Waals surface area (Å²) in [6.45, 7) is 18.1. The van der Waals surface area contributed by atoms with Crippen molar-refractivity contribution in [2.24, 2.45) is 59.2 Å². The molecule has 0 spiro atoms. The average Bonchev–Trinajstić information content (AvgIpc) is 0.788. The number of ketones is 4. The lowest BCUT2D eigenvalue weighted by Gasteiger charge is -2.47. The molecule has 6 aliphatic heterocycles. The minimum Gasteiger partial charge on any atom is -0.456 e. The number of hydrogen-bond donors (Lipinski definition) is 6. The van der Waals surface area contributed by atoms with Crippen LogP contribution in [0.25, 0.3) is 0 Å². The second-order valence-corrected chi connectivity index (χ2v) is 34.8. The number of nitrogens with zero attached hydrogens (tertiary/aromatic N) is 2. The van der Waals surface area contributed by atoms with E-state index < -0.39 is 180 Å². The van der Waals surface area contributed by atoms with Gasteiger partial charge >= 0.3 is 11.9 Å². The maximum atomic E-state index is 15.4. The fourth-order valence-electron chi connectivity index (χ4n) is 19.3. The standard InChI is InChI=1S/C86H136N2O24/c1-47-33-49(3)37-71(105-13)77-73(107-15)41-53(7)85(101,111-77)79(95)81(97)87-31-21-19-25-61(87)83(99)109-75(51(5)39-57-27-29-63(89)69(43-57)103-11)55(9)65(91)45-67(93)59(35-47)23-17-18-24-60-36-48(2)34-50(4)38-72(106-14)78-74(108-16)42-54(8)86(102,112-78)80(96)82(98)88-32-22-20-26-62(88)84(100)110-76(56(10)66(92)46-68(60)94)52(6)40-58-28-30-64(90)70(44-58)104-12/h35-36,39-40,49-50,53-66,69-78,89-92,101-102H,17-34,37-38,41-46H2,1-16H3/b47-35-,48-36+,51-39+,52-40+/t49-,50-,53+,54+,55+,56+,57-,58-,59+,60+,61?,62-,63+,64+,65-,66-,69+,70+,71-,72-,73-,74-,75+,76+,77+,78+,85+,86+/m0/s1. The molecule has 4 bridgehead atoms. The van der Waals surface area contributed by atoms with E-state index in [1.807, 2.05) is 52.0 Å². The third kappa shape index (κ3) is 22.6. The van der Waals surface area contributed by atoms with Gasteiger partial charge in [0.25, 0.3) is 23.4 Å². The lowest BCUT2D eigenvalue weighted by Crippen LogP contribution is -2.64. The quantitative estimate of drug-likeness (QED) is 0.0386. The number of esters is 2. The summed E-state index contributed by atoms with van der Waals surface area (Å²) in [4.78, 5) is 122. The van der Waals surface area contributed by atoms with Gasteiger partial charge in [0.2, 0.25) is 11.6 Å². The second kappa shape index (κ2) is 41.9. The summed E-state index contributed by atoms with van der Waals surface area (Å²) in [5.41, 5.74) is 2.82. The number of piperidine rings is 2. The number of carbonyl (C=O) groups is 8. The van der Waals surface area contributed by atoms with Gasteiger partial charge in [-0.2, -0.15) is 0 Å². The van der Waals surface area contributed by atoms with Gasteiger partial charge in [-0.1, -0.05) is 89.8 Å². The first kappa shape index (κ1) is 92.5. The molecule has 0 radical (unpaired) electrons. The monoisotopic (exact) mass is 1580 g/mol. The SMILES string of the molecule is CO[C@H]1C[C@@H](C)C/C(C)=C\[C@@H](CCCC[C@@H]2/C=C(\C)C[C@H](C)C[C@H](OC)[C@H]3O[C@@](O)(C(=O)C(=O)N4CCCC[C@H]4C(=O)O[C@H](/C(C)=C/[C@@H]4CC[C@@H](O)[C@H](OC)C4)[C@H](C)[C@@H](O)CC2=O)[C@H](C)C[C@@H]3OC)C(=O)C[C@H](O)[C@@H](C)[C@@H](/C(C)=C/[C@@H]2CC[C@@H](O)[C@H](OC)C2)OC(=O)C2CCCCN2C(=O)C(=O)[C@]2(O)O[C@H]1[C@@H](OC)C[C@H]2C. The number of carbonyl (C=O) groups excluding carboxylic acids is 8. The van der Waals surface area contributed by atoms with Crippen molar-refractivity contribution in [3.8, 4) is 0 Å². The van der Waals surface area contributed by atoms with E-state index in [9.17, 15) is 59.4 Å². The molecule has 6 N–H and O–H groups in total. The number of cyclic esters (lactones) is 2. The Labute approximate surface area is 664 Å². The molecule has 6 heterocycles. The highest BCUT2D eigenvalue weighted by Crippen LogP contribution is 2.43. The summed E-state index contributed by atoms with van der Waals surface area (Å²) < 4.78 is 61.3. The lowest BCUT2D eigenvalue weighted by molar-refractivity contribution is -0.302. The Hall–Kier alpha value is -5.04. The van der Waals surface area contributed by atoms with Gasteiger partial charge in [0.1, 0.15) is 48.1 Å². The van der Waals surface area contributed by atoms with Gasteiger partial charge in [-0.25, -0.2) is 9.59 Å². The van der Waals surface area contributed by atoms with Gasteiger partial charge in [0.05, 0.1) is 61.0 Å². The van der Waals surface area contributed by atoms with Crippen molar-refractivity contribution in [3.05, 3.63) is 46.6 Å². The summed E-state index contributed by atoms with van der Waals surface area (Å²) in [7, 11) is 9.07. The molecule has 6 fully saturated rings. The van der Waals surface area contributed by atoms with Crippen LogP contribution in [-0.4, -0.2) is 252 Å². The number of ether oxygens (including phenoxy) is 10. The molecule has 26 nitrogen and oxygen atoms in total. The van der Waals surface area contributed by atoms with E-state index >= 15 is 9.59 Å². The minimum atomic E-state index is -2.63. The smallest absolute Gasteiger partial charge is 0.329 e.